The highest BCUT2D eigenvalue weighted by Gasteiger charge is 2.71. The van der Waals surface area contributed by atoms with Crippen molar-refractivity contribution in [2.75, 3.05) is 6.54 Å². The Morgan fingerprint density at radius 1 is 0.865 bits per heavy atom. The Hall–Kier alpha value is -1.84. The number of carboxylic acids is 1. The van der Waals surface area contributed by atoms with E-state index in [9.17, 15) is 14.7 Å². The van der Waals surface area contributed by atoms with Crippen molar-refractivity contribution in [1.29, 1.82) is 0 Å². The molecular formula is C33H43NO3. The Morgan fingerprint density at radius 3 is 2.49 bits per heavy atom. The van der Waals surface area contributed by atoms with Gasteiger partial charge >= 0.3 is 5.97 Å². The predicted molar refractivity (Wildman–Crippen MR) is 141 cm³/mol. The van der Waals surface area contributed by atoms with Gasteiger partial charge in [-0.05, 0) is 129 Å². The maximum atomic E-state index is 13.9. The molecule has 1 aromatic carbocycles. The second-order valence-corrected chi connectivity index (χ2v) is 15.0. The molecule has 1 N–H and O–H groups in total. The van der Waals surface area contributed by atoms with Crippen molar-refractivity contribution in [2.24, 2.45) is 51.8 Å². The first-order valence-electron chi connectivity index (χ1n) is 15.5. The van der Waals surface area contributed by atoms with Gasteiger partial charge in [-0.15, -0.1) is 0 Å². The summed E-state index contributed by atoms with van der Waals surface area (Å²) < 4.78 is 0. The molecule has 9 unspecified atom stereocenters. The van der Waals surface area contributed by atoms with Gasteiger partial charge in [-0.3, -0.25) is 9.59 Å². The highest BCUT2D eigenvalue weighted by atomic mass is 16.4. The molecule has 4 heteroatoms. The largest absolute Gasteiger partial charge is 0.481 e. The van der Waals surface area contributed by atoms with Crippen molar-refractivity contribution < 1.29 is 14.7 Å². The lowest BCUT2D eigenvalue weighted by atomic mass is 9.50. The van der Waals surface area contributed by atoms with Crippen LogP contribution in [0.15, 0.2) is 24.3 Å². The van der Waals surface area contributed by atoms with Crippen molar-refractivity contribution >= 4 is 11.9 Å². The van der Waals surface area contributed by atoms with Crippen LogP contribution in [0.5, 0.6) is 0 Å². The smallest absolute Gasteiger partial charge is 0.309 e. The average molecular weight is 502 g/mol. The number of aliphatic carboxylic acids is 1. The first-order chi connectivity index (χ1) is 17.9. The van der Waals surface area contributed by atoms with E-state index < -0.39 is 11.4 Å². The summed E-state index contributed by atoms with van der Waals surface area (Å²) in [6.07, 6.45) is 16.3. The fourth-order valence-electron chi connectivity index (χ4n) is 12.2. The quantitative estimate of drug-likeness (QED) is 0.517. The fraction of sp³-hybridized carbons (Fsp3) is 0.758. The van der Waals surface area contributed by atoms with Gasteiger partial charge in [0.2, 0.25) is 5.91 Å². The van der Waals surface area contributed by atoms with Crippen LogP contribution in [0.1, 0.15) is 94.6 Å². The number of carboxylic acid groups (broad SMARTS) is 1. The first-order valence-corrected chi connectivity index (χ1v) is 15.5. The van der Waals surface area contributed by atoms with Crippen molar-refractivity contribution in [1.82, 2.24) is 4.90 Å². The fourth-order valence-corrected chi connectivity index (χ4v) is 12.2. The van der Waals surface area contributed by atoms with Crippen LogP contribution in [0, 0.1) is 51.8 Å². The van der Waals surface area contributed by atoms with Gasteiger partial charge in [0.1, 0.15) is 0 Å². The molecule has 0 saturated heterocycles. The lowest BCUT2D eigenvalue weighted by Gasteiger charge is -2.55. The molecule has 8 rings (SSSR count). The van der Waals surface area contributed by atoms with Gasteiger partial charge in [-0.1, -0.05) is 37.1 Å². The van der Waals surface area contributed by atoms with E-state index in [4.69, 9.17) is 0 Å². The third-order valence-electron chi connectivity index (χ3n) is 13.4. The molecule has 1 heterocycles. The summed E-state index contributed by atoms with van der Waals surface area (Å²) in [5, 5.41) is 10.5. The number of amides is 1. The molecule has 6 fully saturated rings. The number of benzene rings is 1. The Kier molecular flexibility index (Phi) is 4.90. The number of rotatable bonds is 3. The van der Waals surface area contributed by atoms with Crippen LogP contribution < -0.4 is 0 Å². The van der Waals surface area contributed by atoms with Crippen molar-refractivity contribution in [3.8, 4) is 0 Å². The molecule has 1 aromatic rings. The second-order valence-electron chi connectivity index (χ2n) is 15.0. The van der Waals surface area contributed by atoms with Crippen LogP contribution in [0.4, 0.5) is 0 Å². The maximum absolute atomic E-state index is 13.9. The van der Waals surface area contributed by atoms with Crippen LogP contribution in [-0.4, -0.2) is 28.4 Å². The standard InChI is InChI=1S/C33H43NO3/c35-29(34-9-7-23-5-1-2-6-24(23)19-34)25-10-22-11-26-16-31(15-22,17-27(26)13-25)32-14-21-4-3-8-33(20-32,30(36)37)28(12-21)18-32/h1-2,5-6,21-22,25-28H,3-4,7-20H2,(H,36,37). The second kappa shape index (κ2) is 7.85. The van der Waals surface area contributed by atoms with Gasteiger partial charge < -0.3 is 10.0 Å². The SMILES string of the molecule is O=C(C1CC2CC3CC(C45CC6CCCC(C(=O)O)(C4)C(C6)C5)(C2)CC3C1)N1CCc2ccccc2C1. The van der Waals surface area contributed by atoms with Gasteiger partial charge in [0.05, 0.1) is 5.41 Å². The zero-order chi connectivity index (χ0) is 25.0. The molecule has 6 saturated carbocycles. The Morgan fingerprint density at radius 2 is 1.65 bits per heavy atom. The molecule has 0 radical (unpaired) electrons. The number of carbonyl (C=O) groups excluding carboxylic acids is 1. The molecule has 198 valence electrons. The third kappa shape index (κ3) is 3.19. The number of hydrogen-bond acceptors (Lipinski definition) is 2. The van der Waals surface area contributed by atoms with Crippen LogP contribution >= 0.6 is 0 Å². The number of hydrogen-bond donors (Lipinski definition) is 1. The van der Waals surface area contributed by atoms with Crippen LogP contribution in [-0.2, 0) is 22.6 Å². The van der Waals surface area contributed by atoms with Gasteiger partial charge in [0, 0.05) is 19.0 Å². The molecule has 6 bridgehead atoms. The van der Waals surface area contributed by atoms with Gasteiger partial charge in [0.15, 0.2) is 0 Å². The molecule has 1 amide bonds. The van der Waals surface area contributed by atoms with E-state index in [1.165, 1.54) is 62.5 Å². The van der Waals surface area contributed by atoms with Gasteiger partial charge in [0.25, 0.3) is 0 Å². The lowest BCUT2D eigenvalue weighted by molar-refractivity contribution is -0.152. The average Bonchev–Trinajstić information content (AvgIpc) is 3.18. The van der Waals surface area contributed by atoms with Crippen molar-refractivity contribution in [3.05, 3.63) is 35.4 Å². The summed E-state index contributed by atoms with van der Waals surface area (Å²) in [6.45, 7) is 1.66. The molecule has 0 spiro atoms. The van der Waals surface area contributed by atoms with E-state index in [1.54, 1.807) is 0 Å². The summed E-state index contributed by atoms with van der Waals surface area (Å²) in [6, 6.07) is 8.65. The van der Waals surface area contributed by atoms with Crippen LogP contribution in [0.2, 0.25) is 0 Å². The van der Waals surface area contributed by atoms with Gasteiger partial charge in [-0.25, -0.2) is 0 Å². The number of nitrogens with zero attached hydrogens (tertiary/aromatic N) is 1. The van der Waals surface area contributed by atoms with E-state index in [1.807, 2.05) is 0 Å². The molecule has 0 aromatic heterocycles. The minimum Gasteiger partial charge on any atom is -0.481 e. The summed E-state index contributed by atoms with van der Waals surface area (Å²) in [5.74, 6) is 3.43. The van der Waals surface area contributed by atoms with E-state index in [2.05, 4.69) is 29.2 Å². The number of carbonyl (C=O) groups is 2. The zero-order valence-electron chi connectivity index (χ0n) is 22.3. The van der Waals surface area contributed by atoms with Crippen molar-refractivity contribution in [2.45, 2.75) is 96.4 Å². The highest BCUT2D eigenvalue weighted by molar-refractivity contribution is 5.79. The molecular weight excluding hydrogens is 458 g/mol. The van der Waals surface area contributed by atoms with Gasteiger partial charge in [-0.2, -0.15) is 0 Å². The Bertz CT molecular complexity index is 1140. The monoisotopic (exact) mass is 501 g/mol. The summed E-state index contributed by atoms with van der Waals surface area (Å²) >= 11 is 0. The van der Waals surface area contributed by atoms with Crippen LogP contribution in [0.3, 0.4) is 0 Å². The molecule has 7 aliphatic rings. The molecule has 9 atom stereocenters. The van der Waals surface area contributed by atoms with E-state index >= 15 is 0 Å². The summed E-state index contributed by atoms with van der Waals surface area (Å²) in [4.78, 5) is 28.9. The minimum absolute atomic E-state index is 0.200. The topological polar surface area (TPSA) is 57.6 Å². The summed E-state index contributed by atoms with van der Waals surface area (Å²) in [7, 11) is 0. The third-order valence-corrected chi connectivity index (χ3v) is 13.4. The summed E-state index contributed by atoms with van der Waals surface area (Å²) in [5.41, 5.74) is 2.93. The normalized spacial score (nSPS) is 47.4. The minimum atomic E-state index is -0.474. The Labute approximate surface area is 221 Å². The number of fused-ring (bicyclic) bond motifs is 6. The molecule has 1 aliphatic heterocycles. The van der Waals surface area contributed by atoms with E-state index in [0.29, 0.717) is 29.1 Å². The lowest BCUT2D eigenvalue weighted by Crippen LogP contribution is -2.47. The highest BCUT2D eigenvalue weighted by Crippen LogP contribution is 2.77. The Balaban J connectivity index is 1.06. The molecule has 37 heavy (non-hydrogen) atoms. The van der Waals surface area contributed by atoms with E-state index in [-0.39, 0.29) is 11.3 Å². The predicted octanol–water partition coefficient (Wildman–Crippen LogP) is 6.47. The maximum Gasteiger partial charge on any atom is 0.309 e. The van der Waals surface area contributed by atoms with Crippen LogP contribution in [0.25, 0.3) is 0 Å². The van der Waals surface area contributed by atoms with Crippen molar-refractivity contribution in [3.63, 3.8) is 0 Å². The van der Waals surface area contributed by atoms with E-state index in [0.717, 1.165) is 63.5 Å². The zero-order valence-corrected chi connectivity index (χ0v) is 22.3. The molecule has 6 aliphatic carbocycles. The first kappa shape index (κ1) is 23.1. The molecule has 4 nitrogen and oxygen atoms in total.